The van der Waals surface area contributed by atoms with Crippen molar-refractivity contribution < 1.29 is 17.7 Å². The van der Waals surface area contributed by atoms with E-state index in [0.717, 1.165) is 18.6 Å². The van der Waals surface area contributed by atoms with Crippen LogP contribution in [0.5, 0.6) is 0 Å². The van der Waals surface area contributed by atoms with Gasteiger partial charge in [0.15, 0.2) is 5.76 Å². The van der Waals surface area contributed by atoms with Gasteiger partial charge < -0.3 is 15.2 Å². The van der Waals surface area contributed by atoms with E-state index < -0.39 is 10.0 Å². The minimum Gasteiger partial charge on any atom is -0.359 e. The van der Waals surface area contributed by atoms with Gasteiger partial charge in [0.25, 0.3) is 0 Å². The molecule has 0 spiro atoms. The van der Waals surface area contributed by atoms with Gasteiger partial charge in [-0.15, -0.1) is 0 Å². The first kappa shape index (κ1) is 17.7. The van der Waals surface area contributed by atoms with Crippen molar-refractivity contribution in [1.29, 1.82) is 0 Å². The van der Waals surface area contributed by atoms with Crippen LogP contribution in [0.15, 0.2) is 4.52 Å². The van der Waals surface area contributed by atoms with Crippen LogP contribution >= 0.6 is 0 Å². The van der Waals surface area contributed by atoms with Crippen LogP contribution in [0.3, 0.4) is 0 Å². The van der Waals surface area contributed by atoms with Gasteiger partial charge in [-0.1, -0.05) is 12.1 Å². The third-order valence-corrected chi connectivity index (χ3v) is 5.15. The predicted octanol–water partition coefficient (Wildman–Crippen LogP) is 1.65. The van der Waals surface area contributed by atoms with E-state index in [4.69, 9.17) is 4.52 Å². The smallest absolute Gasteiger partial charge is 0.319 e. The van der Waals surface area contributed by atoms with E-state index in [2.05, 4.69) is 15.8 Å². The summed E-state index contributed by atoms with van der Waals surface area (Å²) in [5.41, 5.74) is 1.31. The molecule has 1 saturated carbocycles. The zero-order chi connectivity index (χ0) is 17.0. The number of aryl methyl sites for hydroxylation is 1. The lowest BCUT2D eigenvalue weighted by atomic mass is 10.2. The molecule has 1 aliphatic rings. The lowest BCUT2D eigenvalue weighted by Crippen LogP contribution is -2.35. The number of urea groups is 1. The van der Waals surface area contributed by atoms with E-state index >= 15 is 0 Å². The number of nitrogens with one attached hydrogen (secondary N) is 2. The van der Waals surface area contributed by atoms with Crippen LogP contribution < -0.4 is 10.6 Å². The van der Waals surface area contributed by atoms with Gasteiger partial charge in [-0.05, 0) is 26.2 Å². The Balaban J connectivity index is 1.77. The van der Waals surface area contributed by atoms with Crippen LogP contribution in [0.4, 0.5) is 10.5 Å². The van der Waals surface area contributed by atoms with Gasteiger partial charge in [-0.2, -0.15) is 0 Å². The molecule has 8 nitrogen and oxygen atoms in total. The van der Waals surface area contributed by atoms with Crippen LogP contribution in [0.25, 0.3) is 0 Å². The Bertz CT molecular complexity index is 652. The van der Waals surface area contributed by atoms with Crippen LogP contribution in [-0.4, -0.2) is 49.8 Å². The van der Waals surface area contributed by atoms with E-state index in [1.807, 2.05) is 0 Å². The third-order valence-electron chi connectivity index (χ3n) is 3.77. The first-order valence-corrected chi connectivity index (χ1v) is 9.64. The Kier molecular flexibility index (Phi) is 5.64. The number of hydrogen-bond donors (Lipinski definition) is 2. The molecular formula is C14H24N4O4S. The number of rotatable bonds is 8. The van der Waals surface area contributed by atoms with Gasteiger partial charge in [-0.25, -0.2) is 17.5 Å². The number of sulfonamides is 1. The van der Waals surface area contributed by atoms with Crippen molar-refractivity contribution in [1.82, 2.24) is 14.8 Å². The van der Waals surface area contributed by atoms with E-state index in [1.165, 1.54) is 10.6 Å². The second-order valence-corrected chi connectivity index (χ2v) is 7.75. The maximum absolute atomic E-state index is 11.9. The van der Waals surface area contributed by atoms with Crippen LogP contribution in [0.2, 0.25) is 0 Å². The number of hydrogen-bond acceptors (Lipinski definition) is 5. The number of nitrogens with zero attached hydrogens (tertiary/aromatic N) is 2. The average Bonchev–Trinajstić information content (AvgIpc) is 3.24. The minimum atomic E-state index is -3.19. The van der Waals surface area contributed by atoms with Gasteiger partial charge in [0.1, 0.15) is 11.4 Å². The monoisotopic (exact) mass is 344 g/mol. The summed E-state index contributed by atoms with van der Waals surface area (Å²) in [4.78, 5) is 11.9. The Morgan fingerprint density at radius 2 is 2.13 bits per heavy atom. The quantitative estimate of drug-likeness (QED) is 0.698. The summed E-state index contributed by atoms with van der Waals surface area (Å²) >= 11 is 0. The highest BCUT2D eigenvalue weighted by Gasteiger charge is 2.32. The molecule has 2 rings (SSSR count). The Hall–Kier alpha value is -1.61. The average molecular weight is 344 g/mol. The predicted molar refractivity (Wildman–Crippen MR) is 86.9 cm³/mol. The molecule has 2 amide bonds. The van der Waals surface area contributed by atoms with Crippen LogP contribution in [0.1, 0.15) is 43.6 Å². The second kappa shape index (κ2) is 7.31. The van der Waals surface area contributed by atoms with Crippen molar-refractivity contribution in [3.05, 3.63) is 11.5 Å². The molecule has 0 saturated heterocycles. The Morgan fingerprint density at radius 1 is 1.43 bits per heavy atom. The second-order valence-electron chi connectivity index (χ2n) is 5.77. The first-order chi connectivity index (χ1) is 10.8. The number of carbonyl (C=O) groups excluding carboxylic acids is 1. The highest BCUT2D eigenvalue weighted by atomic mass is 32.2. The molecule has 0 aromatic carbocycles. The van der Waals surface area contributed by atoms with Gasteiger partial charge >= 0.3 is 6.03 Å². The molecule has 1 aromatic heterocycles. The maximum Gasteiger partial charge on any atom is 0.319 e. The van der Waals surface area contributed by atoms with Crippen molar-refractivity contribution >= 4 is 21.7 Å². The molecule has 0 atom stereocenters. The highest BCUT2D eigenvalue weighted by molar-refractivity contribution is 7.88. The fourth-order valence-electron chi connectivity index (χ4n) is 2.34. The van der Waals surface area contributed by atoms with Crippen molar-refractivity contribution in [3.63, 3.8) is 0 Å². The molecule has 1 heterocycles. The lowest BCUT2D eigenvalue weighted by molar-refractivity contribution is 0.251. The molecule has 1 aromatic rings. The maximum atomic E-state index is 11.9. The molecule has 23 heavy (non-hydrogen) atoms. The van der Waals surface area contributed by atoms with Gasteiger partial charge in [0.05, 0.1) is 6.26 Å². The summed E-state index contributed by atoms with van der Waals surface area (Å²) in [7, 11) is -3.19. The van der Waals surface area contributed by atoms with E-state index in [9.17, 15) is 13.2 Å². The summed E-state index contributed by atoms with van der Waals surface area (Å²) in [6.45, 7) is 4.78. The molecule has 0 radical (unpaired) electrons. The molecule has 0 unspecified atom stereocenters. The fraction of sp³-hybridized carbons (Fsp3) is 0.714. The van der Waals surface area contributed by atoms with Gasteiger partial charge in [0.2, 0.25) is 10.0 Å². The van der Waals surface area contributed by atoms with E-state index in [-0.39, 0.29) is 6.03 Å². The molecule has 1 fully saturated rings. The normalized spacial score (nSPS) is 15.0. The zero-order valence-electron chi connectivity index (χ0n) is 13.8. The van der Waals surface area contributed by atoms with E-state index in [1.54, 1.807) is 13.8 Å². The fourth-order valence-corrected chi connectivity index (χ4v) is 3.27. The molecule has 0 aliphatic heterocycles. The standard InChI is InChI=1S/C14H24N4O4S/c1-4-18(23(3,20)21)9-5-8-15-14(19)16-12-10(2)17-22-13(12)11-6-7-11/h11H,4-9H2,1-3H3,(H2,15,16,19). The third kappa shape index (κ3) is 4.93. The zero-order valence-corrected chi connectivity index (χ0v) is 14.6. The largest absolute Gasteiger partial charge is 0.359 e. The number of anilines is 1. The lowest BCUT2D eigenvalue weighted by Gasteiger charge is -2.17. The van der Waals surface area contributed by atoms with E-state index in [0.29, 0.717) is 43.4 Å². The first-order valence-electron chi connectivity index (χ1n) is 7.79. The Morgan fingerprint density at radius 3 is 2.70 bits per heavy atom. The van der Waals surface area contributed by atoms with Crippen LogP contribution in [0, 0.1) is 6.92 Å². The van der Waals surface area contributed by atoms with Gasteiger partial charge in [0, 0.05) is 25.6 Å². The summed E-state index contributed by atoms with van der Waals surface area (Å²) in [5, 5.41) is 9.40. The van der Waals surface area contributed by atoms with Crippen molar-refractivity contribution in [2.45, 2.75) is 39.0 Å². The minimum absolute atomic E-state index is 0.333. The summed E-state index contributed by atoms with van der Waals surface area (Å²) in [6.07, 6.45) is 3.85. The van der Waals surface area contributed by atoms with Crippen molar-refractivity contribution in [2.75, 3.05) is 31.2 Å². The molecule has 9 heteroatoms. The molecular weight excluding hydrogens is 320 g/mol. The molecule has 2 N–H and O–H groups in total. The topological polar surface area (TPSA) is 105 Å². The number of carbonyl (C=O) groups is 1. The molecule has 130 valence electrons. The number of aromatic nitrogens is 1. The SMILES string of the molecule is CCN(CCCNC(=O)Nc1c(C)noc1C1CC1)S(C)(=O)=O. The van der Waals surface area contributed by atoms with Crippen molar-refractivity contribution in [3.8, 4) is 0 Å². The highest BCUT2D eigenvalue weighted by Crippen LogP contribution is 2.44. The Labute approximate surface area is 136 Å². The summed E-state index contributed by atoms with van der Waals surface area (Å²) in [6, 6.07) is -0.333. The van der Waals surface area contributed by atoms with Gasteiger partial charge in [-0.3, -0.25) is 0 Å². The molecule has 0 bridgehead atoms. The summed E-state index contributed by atoms with van der Waals surface area (Å²) < 4.78 is 29.6. The summed E-state index contributed by atoms with van der Waals surface area (Å²) in [5.74, 6) is 1.10. The van der Waals surface area contributed by atoms with Crippen LogP contribution in [-0.2, 0) is 10.0 Å². The number of amides is 2. The van der Waals surface area contributed by atoms with Crippen molar-refractivity contribution in [2.24, 2.45) is 0 Å². The molecule has 1 aliphatic carbocycles.